The molecule has 1 heterocycles. The van der Waals surface area contributed by atoms with Crippen molar-refractivity contribution in [1.29, 1.82) is 0 Å². The van der Waals surface area contributed by atoms with Crippen LogP contribution in [-0.2, 0) is 23.9 Å². The molecule has 3 fully saturated rings. The van der Waals surface area contributed by atoms with Gasteiger partial charge in [0.25, 0.3) is 5.91 Å². The van der Waals surface area contributed by atoms with Crippen molar-refractivity contribution in [3.8, 4) is 5.75 Å². The number of anilines is 1. The Bertz CT molecular complexity index is 860. The van der Waals surface area contributed by atoms with E-state index in [1.54, 1.807) is 12.1 Å². The molecule has 1 saturated heterocycles. The standard InChI is InChI=1S/C20H21ClN2O6/c1-28-14-5-4-12(21)7-13(14)22-15(24)9-29-16(25)8-23-19(26)17-10-2-3-11(6-10)18(17)20(23)27/h4-5,7,10-11,17-18H,2-3,6,8-9H2,1H3,(H,22,24)/t10-,11-,17-,18-/m0/s1. The van der Waals surface area contributed by atoms with E-state index in [0.717, 1.165) is 24.2 Å². The number of benzene rings is 1. The minimum Gasteiger partial charge on any atom is -0.495 e. The van der Waals surface area contributed by atoms with Crippen LogP contribution in [0.3, 0.4) is 0 Å². The summed E-state index contributed by atoms with van der Waals surface area (Å²) >= 11 is 5.91. The molecule has 29 heavy (non-hydrogen) atoms. The highest BCUT2D eigenvalue weighted by atomic mass is 35.5. The molecule has 2 bridgehead atoms. The number of carbonyl (C=O) groups excluding carboxylic acids is 4. The maximum absolute atomic E-state index is 12.6. The Morgan fingerprint density at radius 2 is 1.83 bits per heavy atom. The predicted octanol–water partition coefficient (Wildman–Crippen LogP) is 1.86. The number of esters is 1. The lowest BCUT2D eigenvalue weighted by Gasteiger charge is -2.19. The van der Waals surface area contributed by atoms with Gasteiger partial charge in [0.2, 0.25) is 11.8 Å². The molecule has 1 aliphatic heterocycles. The number of methoxy groups -OCH3 is 1. The zero-order valence-corrected chi connectivity index (χ0v) is 16.6. The Morgan fingerprint density at radius 3 is 2.45 bits per heavy atom. The van der Waals surface area contributed by atoms with Crippen molar-refractivity contribution in [2.45, 2.75) is 19.3 Å². The van der Waals surface area contributed by atoms with Gasteiger partial charge in [0.1, 0.15) is 12.3 Å². The van der Waals surface area contributed by atoms with Gasteiger partial charge >= 0.3 is 5.97 Å². The van der Waals surface area contributed by atoms with Crippen LogP contribution in [0.15, 0.2) is 18.2 Å². The molecule has 154 valence electrons. The molecule has 0 radical (unpaired) electrons. The topological polar surface area (TPSA) is 102 Å². The Labute approximate surface area is 172 Å². The van der Waals surface area contributed by atoms with Crippen molar-refractivity contribution < 1.29 is 28.7 Å². The Balaban J connectivity index is 1.30. The molecule has 1 aromatic carbocycles. The minimum absolute atomic E-state index is 0.251. The number of likely N-dealkylation sites (tertiary alicyclic amines) is 1. The number of hydrogen-bond donors (Lipinski definition) is 1. The van der Waals surface area contributed by atoms with Crippen LogP contribution in [0, 0.1) is 23.7 Å². The Hall–Kier alpha value is -2.61. The van der Waals surface area contributed by atoms with Crippen molar-refractivity contribution in [2.24, 2.45) is 23.7 Å². The fourth-order valence-electron chi connectivity index (χ4n) is 4.91. The predicted molar refractivity (Wildman–Crippen MR) is 102 cm³/mol. The summed E-state index contributed by atoms with van der Waals surface area (Å²) in [5.41, 5.74) is 0.342. The SMILES string of the molecule is COc1ccc(Cl)cc1NC(=O)COC(=O)CN1C(=O)[C@H]2[C@H]3CC[C@@H](C3)[C@@H]2C1=O. The molecular weight excluding hydrogens is 400 g/mol. The number of nitrogens with one attached hydrogen (secondary N) is 1. The van der Waals surface area contributed by atoms with E-state index in [4.69, 9.17) is 21.1 Å². The van der Waals surface area contributed by atoms with Crippen LogP contribution in [0.1, 0.15) is 19.3 Å². The van der Waals surface area contributed by atoms with Crippen LogP contribution in [0.4, 0.5) is 5.69 Å². The van der Waals surface area contributed by atoms with Gasteiger partial charge in [-0.05, 0) is 49.3 Å². The van der Waals surface area contributed by atoms with Crippen LogP contribution in [0.2, 0.25) is 5.02 Å². The third-order valence-corrected chi connectivity index (χ3v) is 6.34. The Morgan fingerprint density at radius 1 is 1.17 bits per heavy atom. The number of hydrogen-bond acceptors (Lipinski definition) is 6. The monoisotopic (exact) mass is 420 g/mol. The number of carbonyl (C=O) groups is 4. The van der Waals surface area contributed by atoms with Crippen LogP contribution >= 0.6 is 11.6 Å². The third kappa shape index (κ3) is 3.57. The van der Waals surface area contributed by atoms with Crippen LogP contribution in [0.5, 0.6) is 5.75 Å². The fourth-order valence-corrected chi connectivity index (χ4v) is 5.08. The lowest BCUT2D eigenvalue weighted by Crippen LogP contribution is -2.38. The van der Waals surface area contributed by atoms with E-state index >= 15 is 0 Å². The molecule has 2 aliphatic carbocycles. The molecule has 1 N–H and O–H groups in total. The number of fused-ring (bicyclic) bond motifs is 5. The van der Waals surface area contributed by atoms with Crippen molar-refractivity contribution >= 4 is 41.0 Å². The minimum atomic E-state index is -0.799. The smallest absolute Gasteiger partial charge is 0.326 e. The first-order valence-electron chi connectivity index (χ1n) is 9.53. The van der Waals surface area contributed by atoms with E-state index in [0.29, 0.717) is 16.5 Å². The lowest BCUT2D eigenvalue weighted by atomic mass is 9.81. The molecule has 8 nitrogen and oxygen atoms in total. The van der Waals surface area contributed by atoms with Gasteiger partial charge in [-0.2, -0.15) is 0 Å². The molecule has 3 aliphatic rings. The average molecular weight is 421 g/mol. The van der Waals surface area contributed by atoms with Gasteiger partial charge in [0.15, 0.2) is 6.61 Å². The highest BCUT2D eigenvalue weighted by molar-refractivity contribution is 6.31. The third-order valence-electron chi connectivity index (χ3n) is 6.11. The molecule has 4 atom stereocenters. The lowest BCUT2D eigenvalue weighted by molar-refractivity contribution is -0.154. The molecule has 0 unspecified atom stereocenters. The number of imide groups is 1. The number of rotatable bonds is 6. The summed E-state index contributed by atoms with van der Waals surface area (Å²) in [4.78, 5) is 50.4. The quantitative estimate of drug-likeness (QED) is 0.556. The largest absolute Gasteiger partial charge is 0.495 e. The van der Waals surface area contributed by atoms with Crippen molar-refractivity contribution in [3.05, 3.63) is 23.2 Å². The van der Waals surface area contributed by atoms with Crippen LogP contribution in [0.25, 0.3) is 0 Å². The summed E-state index contributed by atoms with van der Waals surface area (Å²) in [7, 11) is 1.45. The average Bonchev–Trinajstić information content (AvgIpc) is 3.37. The van der Waals surface area contributed by atoms with Gasteiger partial charge in [-0.15, -0.1) is 0 Å². The zero-order valence-electron chi connectivity index (χ0n) is 15.9. The van der Waals surface area contributed by atoms with Crippen molar-refractivity contribution in [3.63, 3.8) is 0 Å². The molecule has 1 aromatic rings. The maximum atomic E-state index is 12.6. The molecule has 0 spiro atoms. The highest BCUT2D eigenvalue weighted by Gasteiger charge is 2.61. The van der Waals surface area contributed by atoms with Gasteiger partial charge in [0.05, 0.1) is 24.6 Å². The van der Waals surface area contributed by atoms with Crippen LogP contribution < -0.4 is 10.1 Å². The summed E-state index contributed by atoms with van der Waals surface area (Å²) in [6.07, 6.45) is 2.87. The van der Waals surface area contributed by atoms with Crippen molar-refractivity contribution in [1.82, 2.24) is 4.90 Å². The fraction of sp³-hybridized carbons (Fsp3) is 0.500. The summed E-state index contributed by atoms with van der Waals surface area (Å²) in [6, 6.07) is 4.72. The number of nitrogens with zero attached hydrogens (tertiary/aromatic N) is 1. The second-order valence-corrected chi connectivity index (χ2v) is 8.14. The molecule has 4 rings (SSSR count). The van der Waals surface area contributed by atoms with Gasteiger partial charge in [-0.25, -0.2) is 0 Å². The number of amides is 3. The van der Waals surface area contributed by atoms with Gasteiger partial charge in [-0.1, -0.05) is 11.6 Å². The number of halogens is 1. The second kappa shape index (κ2) is 7.67. The van der Waals surface area contributed by atoms with Crippen LogP contribution in [-0.4, -0.2) is 48.9 Å². The highest BCUT2D eigenvalue weighted by Crippen LogP contribution is 2.56. The van der Waals surface area contributed by atoms with Crippen molar-refractivity contribution in [2.75, 3.05) is 25.6 Å². The Kier molecular flexibility index (Phi) is 5.21. The first-order chi connectivity index (χ1) is 13.9. The van der Waals surface area contributed by atoms with E-state index in [1.807, 2.05) is 0 Å². The van der Waals surface area contributed by atoms with E-state index < -0.39 is 25.0 Å². The number of ether oxygens (including phenoxy) is 2. The molecule has 9 heteroatoms. The molecule has 0 aromatic heterocycles. The second-order valence-electron chi connectivity index (χ2n) is 7.70. The van der Waals surface area contributed by atoms with E-state index in [2.05, 4.69) is 5.32 Å². The first kappa shape index (κ1) is 19.7. The summed E-state index contributed by atoms with van der Waals surface area (Å²) < 4.78 is 10.1. The maximum Gasteiger partial charge on any atom is 0.326 e. The molecular formula is C20H21ClN2O6. The first-order valence-corrected chi connectivity index (χ1v) is 9.91. The van der Waals surface area contributed by atoms with Gasteiger partial charge in [-0.3, -0.25) is 24.1 Å². The van der Waals surface area contributed by atoms with Gasteiger partial charge in [0, 0.05) is 5.02 Å². The molecule has 2 saturated carbocycles. The zero-order chi connectivity index (χ0) is 20.7. The normalized spacial score (nSPS) is 27.2. The van der Waals surface area contributed by atoms with E-state index in [-0.39, 0.29) is 35.5 Å². The summed E-state index contributed by atoms with van der Waals surface area (Å²) in [5.74, 6) is -1.61. The molecule has 3 amide bonds. The summed E-state index contributed by atoms with van der Waals surface area (Å²) in [6.45, 7) is -1.01. The van der Waals surface area contributed by atoms with Gasteiger partial charge < -0.3 is 14.8 Å². The van der Waals surface area contributed by atoms with E-state index in [1.165, 1.54) is 13.2 Å². The van der Waals surface area contributed by atoms with E-state index in [9.17, 15) is 19.2 Å². The summed E-state index contributed by atoms with van der Waals surface area (Å²) in [5, 5.41) is 2.95.